The molecule has 6 nitrogen and oxygen atoms in total. The van der Waals surface area contributed by atoms with Crippen LogP contribution in [0.1, 0.15) is 16.3 Å². The van der Waals surface area contributed by atoms with Crippen molar-refractivity contribution >= 4 is 17.0 Å². The molecule has 0 amide bonds. The Hall–Kier alpha value is -1.99. The van der Waals surface area contributed by atoms with Gasteiger partial charge in [-0.3, -0.25) is 10.1 Å². The number of thiazole rings is 1. The van der Waals surface area contributed by atoms with E-state index in [-0.39, 0.29) is 18.0 Å². The molecular weight excluding hydrogens is 266 g/mol. The first-order valence-electron chi connectivity index (χ1n) is 5.61. The maximum atomic E-state index is 10.9. The van der Waals surface area contributed by atoms with Crippen LogP contribution in [0.2, 0.25) is 0 Å². The third-order valence-corrected chi connectivity index (χ3v) is 3.32. The molecule has 2 rings (SSSR count). The molecular formula is C12H13N3O3S. The number of nitro groups is 1. The molecule has 0 saturated carbocycles. The normalized spacial score (nSPS) is 10.4. The molecule has 0 fully saturated rings. The fraction of sp³-hybridized carbons (Fsp3) is 0.250. The lowest BCUT2D eigenvalue weighted by atomic mass is 10.2. The van der Waals surface area contributed by atoms with Gasteiger partial charge in [0, 0.05) is 18.0 Å². The van der Waals surface area contributed by atoms with E-state index in [1.54, 1.807) is 12.1 Å². The molecule has 100 valence electrons. The zero-order valence-corrected chi connectivity index (χ0v) is 11.1. The van der Waals surface area contributed by atoms with Gasteiger partial charge in [0.1, 0.15) is 6.61 Å². The minimum atomic E-state index is -0.470. The topological polar surface area (TPSA) is 91.3 Å². The minimum absolute atomic E-state index is 0.0656. The van der Waals surface area contributed by atoms with Gasteiger partial charge in [-0.15, -0.1) is 11.3 Å². The van der Waals surface area contributed by atoms with E-state index in [1.807, 2.05) is 12.3 Å². The molecule has 0 bridgehead atoms. The SMILES string of the molecule is Cc1nc(COc2cc(CN)ccc2[N+](=O)[O-])cs1. The van der Waals surface area contributed by atoms with Crippen molar-refractivity contribution in [1.29, 1.82) is 0 Å². The number of nitrogens with zero attached hydrogens (tertiary/aromatic N) is 2. The Balaban J connectivity index is 2.19. The van der Waals surface area contributed by atoms with Crippen LogP contribution < -0.4 is 10.5 Å². The number of nitrogens with two attached hydrogens (primary N) is 1. The van der Waals surface area contributed by atoms with Crippen LogP contribution in [0.3, 0.4) is 0 Å². The molecule has 0 aliphatic rings. The molecule has 0 aliphatic heterocycles. The van der Waals surface area contributed by atoms with E-state index in [0.717, 1.165) is 16.3 Å². The van der Waals surface area contributed by atoms with E-state index >= 15 is 0 Å². The van der Waals surface area contributed by atoms with Gasteiger partial charge in [0.25, 0.3) is 0 Å². The Morgan fingerprint density at radius 2 is 2.32 bits per heavy atom. The van der Waals surface area contributed by atoms with E-state index < -0.39 is 4.92 Å². The van der Waals surface area contributed by atoms with Gasteiger partial charge in [0.15, 0.2) is 5.75 Å². The molecule has 2 aromatic rings. The quantitative estimate of drug-likeness (QED) is 0.670. The van der Waals surface area contributed by atoms with Crippen LogP contribution in [0.25, 0.3) is 0 Å². The summed E-state index contributed by atoms with van der Waals surface area (Å²) in [5.41, 5.74) is 7.00. The zero-order valence-electron chi connectivity index (χ0n) is 10.3. The molecule has 1 heterocycles. The van der Waals surface area contributed by atoms with Crippen LogP contribution >= 0.6 is 11.3 Å². The molecule has 1 aromatic heterocycles. The molecule has 0 unspecified atom stereocenters. The number of hydrogen-bond acceptors (Lipinski definition) is 6. The Labute approximate surface area is 114 Å². The molecule has 1 aromatic carbocycles. The van der Waals surface area contributed by atoms with Gasteiger partial charge in [-0.1, -0.05) is 6.07 Å². The maximum absolute atomic E-state index is 10.9. The standard InChI is InChI=1S/C12H13N3O3S/c1-8-14-10(7-19-8)6-18-12-4-9(5-13)2-3-11(12)15(16)17/h2-4,7H,5-6,13H2,1H3. The van der Waals surface area contributed by atoms with Crippen LogP contribution in [0, 0.1) is 17.0 Å². The summed E-state index contributed by atoms with van der Waals surface area (Å²) < 4.78 is 5.49. The van der Waals surface area contributed by atoms with Gasteiger partial charge < -0.3 is 10.5 Å². The third kappa shape index (κ3) is 3.27. The van der Waals surface area contributed by atoms with Gasteiger partial charge in [0.2, 0.25) is 0 Å². The summed E-state index contributed by atoms with van der Waals surface area (Å²) >= 11 is 1.51. The number of ether oxygens (including phenoxy) is 1. The highest BCUT2D eigenvalue weighted by Gasteiger charge is 2.15. The second kappa shape index (κ2) is 5.77. The second-order valence-electron chi connectivity index (χ2n) is 3.91. The van der Waals surface area contributed by atoms with Crippen molar-refractivity contribution in [2.45, 2.75) is 20.1 Å². The summed E-state index contributed by atoms with van der Waals surface area (Å²) in [5, 5.41) is 13.7. The average Bonchev–Trinajstić information content (AvgIpc) is 2.81. The number of rotatable bonds is 5. The largest absolute Gasteiger partial charge is 0.480 e. The summed E-state index contributed by atoms with van der Waals surface area (Å²) in [5.74, 6) is 0.221. The Bertz CT molecular complexity index is 598. The predicted molar refractivity (Wildman–Crippen MR) is 72.2 cm³/mol. The van der Waals surface area contributed by atoms with Gasteiger partial charge in [0.05, 0.1) is 15.6 Å². The van der Waals surface area contributed by atoms with E-state index in [0.29, 0.717) is 6.54 Å². The summed E-state index contributed by atoms with van der Waals surface area (Å²) in [6, 6.07) is 4.62. The average molecular weight is 279 g/mol. The summed E-state index contributed by atoms with van der Waals surface area (Å²) in [6.07, 6.45) is 0. The Morgan fingerprint density at radius 3 is 2.89 bits per heavy atom. The maximum Gasteiger partial charge on any atom is 0.310 e. The molecule has 2 N–H and O–H groups in total. The Kier molecular flexibility index (Phi) is 4.08. The van der Waals surface area contributed by atoms with E-state index in [4.69, 9.17) is 10.5 Å². The van der Waals surface area contributed by atoms with Crippen LogP contribution in [-0.4, -0.2) is 9.91 Å². The first-order valence-corrected chi connectivity index (χ1v) is 6.49. The van der Waals surface area contributed by atoms with Crippen LogP contribution in [0.15, 0.2) is 23.6 Å². The molecule has 0 spiro atoms. The molecule has 0 atom stereocenters. The van der Waals surface area contributed by atoms with Gasteiger partial charge in [-0.05, 0) is 18.6 Å². The number of aryl methyl sites for hydroxylation is 1. The van der Waals surface area contributed by atoms with E-state index in [2.05, 4.69) is 4.98 Å². The van der Waals surface area contributed by atoms with Crippen LogP contribution in [-0.2, 0) is 13.2 Å². The molecule has 19 heavy (non-hydrogen) atoms. The number of nitro benzene ring substituents is 1. The molecule has 0 aliphatic carbocycles. The number of aromatic nitrogens is 1. The van der Waals surface area contributed by atoms with E-state index in [9.17, 15) is 10.1 Å². The van der Waals surface area contributed by atoms with E-state index in [1.165, 1.54) is 17.4 Å². The Morgan fingerprint density at radius 1 is 1.53 bits per heavy atom. The predicted octanol–water partition coefficient (Wildman–Crippen LogP) is 2.40. The highest BCUT2D eigenvalue weighted by Crippen LogP contribution is 2.28. The number of hydrogen-bond donors (Lipinski definition) is 1. The summed E-state index contributed by atoms with van der Waals surface area (Å²) in [6.45, 7) is 2.41. The van der Waals surface area contributed by atoms with Crippen molar-refractivity contribution in [3.63, 3.8) is 0 Å². The van der Waals surface area contributed by atoms with Crippen molar-refractivity contribution < 1.29 is 9.66 Å². The van der Waals surface area contributed by atoms with Crippen molar-refractivity contribution in [1.82, 2.24) is 4.98 Å². The van der Waals surface area contributed by atoms with Crippen molar-refractivity contribution in [2.24, 2.45) is 5.73 Å². The van der Waals surface area contributed by atoms with Gasteiger partial charge in [-0.2, -0.15) is 0 Å². The zero-order chi connectivity index (χ0) is 13.8. The van der Waals surface area contributed by atoms with Crippen molar-refractivity contribution in [3.05, 3.63) is 50.0 Å². The fourth-order valence-corrected chi connectivity index (χ4v) is 2.18. The number of benzene rings is 1. The van der Waals surface area contributed by atoms with Crippen LogP contribution in [0.4, 0.5) is 5.69 Å². The smallest absolute Gasteiger partial charge is 0.310 e. The lowest BCUT2D eigenvalue weighted by Crippen LogP contribution is -2.02. The highest BCUT2D eigenvalue weighted by atomic mass is 32.1. The minimum Gasteiger partial charge on any atom is -0.480 e. The van der Waals surface area contributed by atoms with Crippen molar-refractivity contribution in [3.8, 4) is 5.75 Å². The third-order valence-electron chi connectivity index (χ3n) is 2.50. The first-order chi connectivity index (χ1) is 9.10. The summed E-state index contributed by atoms with van der Waals surface area (Å²) in [4.78, 5) is 14.7. The summed E-state index contributed by atoms with van der Waals surface area (Å²) in [7, 11) is 0. The molecule has 0 saturated heterocycles. The highest BCUT2D eigenvalue weighted by molar-refractivity contribution is 7.09. The van der Waals surface area contributed by atoms with Gasteiger partial charge >= 0.3 is 5.69 Å². The van der Waals surface area contributed by atoms with Crippen molar-refractivity contribution in [2.75, 3.05) is 0 Å². The fourth-order valence-electron chi connectivity index (χ4n) is 1.58. The monoisotopic (exact) mass is 279 g/mol. The lowest BCUT2D eigenvalue weighted by Gasteiger charge is -2.06. The lowest BCUT2D eigenvalue weighted by molar-refractivity contribution is -0.386. The van der Waals surface area contributed by atoms with Crippen LogP contribution in [0.5, 0.6) is 5.75 Å². The second-order valence-corrected chi connectivity index (χ2v) is 4.97. The molecule has 0 radical (unpaired) electrons. The van der Waals surface area contributed by atoms with Gasteiger partial charge in [-0.25, -0.2) is 4.98 Å². The first kappa shape index (κ1) is 13.4. The molecule has 7 heteroatoms.